The third kappa shape index (κ3) is 4.18. The molecule has 1 saturated carbocycles. The highest BCUT2D eigenvalue weighted by atomic mass is 28.4. The lowest BCUT2D eigenvalue weighted by Gasteiger charge is -2.45. The smallest absolute Gasteiger partial charge is 0.377 e. The summed E-state index contributed by atoms with van der Waals surface area (Å²) < 4.78 is 33.6. The zero-order valence-electron chi connectivity index (χ0n) is 15.1. The first kappa shape index (κ1) is 20.2. The molecule has 1 rings (SSSR count). The Morgan fingerprint density at radius 1 is 1.00 bits per heavy atom. The lowest BCUT2D eigenvalue weighted by Crippen LogP contribution is -2.50. The Morgan fingerprint density at radius 2 is 1.50 bits per heavy atom. The lowest BCUT2D eigenvalue weighted by atomic mass is 9.84. The van der Waals surface area contributed by atoms with E-state index in [1.807, 2.05) is 0 Å². The Hall–Kier alpha value is 0.194. The van der Waals surface area contributed by atoms with Crippen molar-refractivity contribution < 1.29 is 27.5 Å². The van der Waals surface area contributed by atoms with Gasteiger partial charge in [0.15, 0.2) is 0 Å². The van der Waals surface area contributed by atoms with E-state index in [0.717, 1.165) is 35.9 Å². The quantitative estimate of drug-likeness (QED) is 0.461. The minimum atomic E-state index is -2.61. The highest BCUT2D eigenvalue weighted by molar-refractivity contribution is 6.62. The van der Waals surface area contributed by atoms with Crippen LogP contribution in [0.25, 0.3) is 0 Å². The zero-order chi connectivity index (χ0) is 16.9. The summed E-state index contributed by atoms with van der Waals surface area (Å²) in [5.41, 5.74) is 0.307. The lowest BCUT2D eigenvalue weighted by molar-refractivity contribution is -0.358. The van der Waals surface area contributed by atoms with E-state index in [0.29, 0.717) is 12.0 Å². The van der Waals surface area contributed by atoms with E-state index < -0.39 is 14.8 Å². The molecule has 2 atom stereocenters. The van der Waals surface area contributed by atoms with Gasteiger partial charge in [0.25, 0.3) is 5.97 Å². The topological polar surface area (TPSA) is 55.4 Å². The Balaban J connectivity index is 2.92. The van der Waals surface area contributed by atoms with Crippen molar-refractivity contribution in [3.63, 3.8) is 0 Å². The summed E-state index contributed by atoms with van der Waals surface area (Å²) in [4.78, 5) is 0. The molecule has 8 heteroatoms. The summed E-state index contributed by atoms with van der Waals surface area (Å²) in [5, 5.41) is 0.152. The SMILES string of the molecule is COC(CC1([SiH3])CCCC([Si](OC)(OC)OC)C1)(OC)OC. The number of hydrogen-bond acceptors (Lipinski definition) is 6. The number of hydrogen-bond donors (Lipinski definition) is 0. The minimum Gasteiger partial charge on any atom is -0.377 e. The largest absolute Gasteiger partial charge is 0.503 e. The summed E-state index contributed by atoms with van der Waals surface area (Å²) in [5.74, 6) is -0.971. The second-order valence-electron chi connectivity index (χ2n) is 6.29. The Bertz CT molecular complexity index is 319. The number of methoxy groups -OCH3 is 3. The van der Waals surface area contributed by atoms with Crippen LogP contribution in [-0.2, 0) is 27.5 Å². The average Bonchev–Trinajstić information content (AvgIpc) is 2.55. The molecular formula is C14H32O6Si2. The second-order valence-corrected chi connectivity index (χ2v) is 11.7. The van der Waals surface area contributed by atoms with Gasteiger partial charge in [-0.1, -0.05) is 12.8 Å². The average molecular weight is 353 g/mol. The molecule has 0 aromatic carbocycles. The first-order valence-electron chi connectivity index (χ1n) is 7.69. The maximum Gasteiger partial charge on any atom is 0.503 e. The third-order valence-corrected chi connectivity index (χ3v) is 9.46. The maximum atomic E-state index is 5.69. The van der Waals surface area contributed by atoms with Crippen LogP contribution in [0.2, 0.25) is 10.6 Å². The van der Waals surface area contributed by atoms with Gasteiger partial charge in [-0.3, -0.25) is 0 Å². The molecule has 0 spiro atoms. The molecule has 2 unspecified atom stereocenters. The Morgan fingerprint density at radius 3 is 1.91 bits per heavy atom. The van der Waals surface area contributed by atoms with E-state index in [9.17, 15) is 0 Å². The van der Waals surface area contributed by atoms with Crippen LogP contribution in [0.5, 0.6) is 0 Å². The van der Waals surface area contributed by atoms with Crippen molar-refractivity contribution in [2.75, 3.05) is 42.7 Å². The van der Waals surface area contributed by atoms with Crippen molar-refractivity contribution >= 4 is 19.0 Å². The van der Waals surface area contributed by atoms with E-state index in [1.54, 1.807) is 42.7 Å². The Kier molecular flexibility index (Phi) is 7.67. The summed E-state index contributed by atoms with van der Waals surface area (Å²) in [7, 11) is 8.33. The van der Waals surface area contributed by atoms with Crippen molar-refractivity contribution in [1.82, 2.24) is 0 Å². The van der Waals surface area contributed by atoms with Crippen LogP contribution in [0.1, 0.15) is 32.1 Å². The fourth-order valence-electron chi connectivity index (χ4n) is 3.78. The van der Waals surface area contributed by atoms with Gasteiger partial charge in [0.1, 0.15) is 0 Å². The van der Waals surface area contributed by atoms with Crippen molar-refractivity contribution in [3.05, 3.63) is 0 Å². The summed E-state index contributed by atoms with van der Waals surface area (Å²) in [6, 6.07) is 0. The number of rotatable bonds is 9. The summed E-state index contributed by atoms with van der Waals surface area (Å²) in [6.45, 7) is 0. The van der Waals surface area contributed by atoms with Gasteiger partial charge in [-0.05, 0) is 17.9 Å². The minimum absolute atomic E-state index is 0.152. The molecule has 0 N–H and O–H groups in total. The first-order valence-corrected chi connectivity index (χ1v) is 10.5. The van der Waals surface area contributed by atoms with Gasteiger partial charge in [0.2, 0.25) is 0 Å². The molecule has 132 valence electrons. The van der Waals surface area contributed by atoms with E-state index in [-0.39, 0.29) is 5.04 Å². The molecular weight excluding hydrogens is 320 g/mol. The first-order chi connectivity index (χ1) is 10.4. The summed E-state index contributed by atoms with van der Waals surface area (Å²) in [6.07, 6.45) is 5.07. The molecule has 0 amide bonds. The molecule has 6 nitrogen and oxygen atoms in total. The van der Waals surface area contributed by atoms with Crippen LogP contribution in [0, 0.1) is 0 Å². The van der Waals surface area contributed by atoms with Crippen LogP contribution in [-0.4, -0.2) is 67.7 Å². The third-order valence-electron chi connectivity index (χ3n) is 5.00. The van der Waals surface area contributed by atoms with Crippen molar-refractivity contribution in [2.24, 2.45) is 0 Å². The normalized spacial score (nSPS) is 27.3. The van der Waals surface area contributed by atoms with Gasteiger partial charge in [-0.2, -0.15) is 0 Å². The molecule has 0 saturated heterocycles. The van der Waals surface area contributed by atoms with E-state index in [1.165, 1.54) is 0 Å². The zero-order valence-corrected chi connectivity index (χ0v) is 18.1. The van der Waals surface area contributed by atoms with E-state index in [4.69, 9.17) is 27.5 Å². The van der Waals surface area contributed by atoms with E-state index >= 15 is 0 Å². The molecule has 1 aliphatic carbocycles. The molecule has 0 aromatic rings. The predicted molar refractivity (Wildman–Crippen MR) is 90.0 cm³/mol. The molecule has 0 aromatic heterocycles. The summed E-state index contributed by atoms with van der Waals surface area (Å²) >= 11 is 0. The molecule has 0 heterocycles. The van der Waals surface area contributed by atoms with Crippen molar-refractivity contribution in [3.8, 4) is 0 Å². The van der Waals surface area contributed by atoms with Gasteiger partial charge in [-0.25, -0.2) is 0 Å². The fourth-order valence-corrected chi connectivity index (χ4v) is 8.26. The van der Waals surface area contributed by atoms with Crippen molar-refractivity contribution in [1.29, 1.82) is 0 Å². The highest BCUT2D eigenvalue weighted by Gasteiger charge is 2.52. The van der Waals surface area contributed by atoms with Gasteiger partial charge in [0.05, 0.1) is 0 Å². The molecule has 0 radical (unpaired) electrons. The molecule has 1 fully saturated rings. The fraction of sp³-hybridized carbons (Fsp3) is 1.00. The number of ether oxygens (including phenoxy) is 3. The van der Waals surface area contributed by atoms with Gasteiger partial charge < -0.3 is 27.5 Å². The van der Waals surface area contributed by atoms with Crippen LogP contribution in [0.15, 0.2) is 0 Å². The van der Waals surface area contributed by atoms with Gasteiger partial charge >= 0.3 is 8.80 Å². The van der Waals surface area contributed by atoms with Gasteiger partial charge in [-0.15, -0.1) is 0 Å². The van der Waals surface area contributed by atoms with Gasteiger partial charge in [0, 0.05) is 64.9 Å². The standard InChI is InChI=1S/C14H32O6Si2/c1-15-14(16-2,17-3)11-13(21)9-7-8-12(10-13)22(18-4,19-5)20-6/h12H,7-11H2,1-6,21H3. The van der Waals surface area contributed by atoms with Crippen molar-refractivity contribution in [2.45, 2.75) is 48.7 Å². The Labute approximate surface area is 138 Å². The monoisotopic (exact) mass is 352 g/mol. The molecule has 1 aliphatic rings. The highest BCUT2D eigenvalue weighted by Crippen LogP contribution is 2.53. The molecule has 0 aliphatic heterocycles. The molecule has 0 bridgehead atoms. The second kappa shape index (κ2) is 8.34. The molecule has 22 heavy (non-hydrogen) atoms. The van der Waals surface area contributed by atoms with Crippen LogP contribution in [0.4, 0.5) is 0 Å². The maximum absolute atomic E-state index is 5.69. The van der Waals surface area contributed by atoms with Crippen LogP contribution in [0.3, 0.4) is 0 Å². The van der Waals surface area contributed by atoms with Crippen LogP contribution < -0.4 is 0 Å². The predicted octanol–water partition coefficient (Wildman–Crippen LogP) is 1.32. The van der Waals surface area contributed by atoms with Crippen LogP contribution >= 0.6 is 0 Å². The van der Waals surface area contributed by atoms with E-state index in [2.05, 4.69) is 0 Å².